The summed E-state index contributed by atoms with van der Waals surface area (Å²) >= 11 is 0. The van der Waals surface area contributed by atoms with Gasteiger partial charge in [0.25, 0.3) is 0 Å². The molecule has 0 unspecified atom stereocenters. The monoisotopic (exact) mass is 393 g/mol. The van der Waals surface area contributed by atoms with Crippen LogP contribution in [-0.2, 0) is 13.1 Å². The third-order valence-corrected chi connectivity index (χ3v) is 4.33. The number of aryl methyl sites for hydroxylation is 1. The lowest BCUT2D eigenvalue weighted by Gasteiger charge is -2.13. The molecule has 0 saturated heterocycles. The zero-order valence-electron chi connectivity index (χ0n) is 15.3. The lowest BCUT2D eigenvalue weighted by atomic mass is 10.1. The van der Waals surface area contributed by atoms with E-state index in [2.05, 4.69) is 15.2 Å². The number of aromatic nitrogens is 2. The van der Waals surface area contributed by atoms with Crippen molar-refractivity contribution in [3.63, 3.8) is 0 Å². The van der Waals surface area contributed by atoms with E-state index >= 15 is 0 Å². The first kappa shape index (κ1) is 19.9. The number of rotatable bonds is 6. The van der Waals surface area contributed by atoms with E-state index in [0.29, 0.717) is 12.1 Å². The third-order valence-electron chi connectivity index (χ3n) is 4.33. The molecule has 2 aromatic carbocycles. The van der Waals surface area contributed by atoms with Crippen LogP contribution in [-0.4, -0.2) is 16.1 Å². The number of hydrogen-bond donors (Lipinski definition) is 1. The van der Waals surface area contributed by atoms with Gasteiger partial charge in [0.1, 0.15) is 11.6 Å². The van der Waals surface area contributed by atoms with E-state index in [-0.39, 0.29) is 18.1 Å². The molecule has 148 valence electrons. The average molecular weight is 393 g/mol. The Morgan fingerprint density at radius 2 is 1.68 bits per heavy atom. The zero-order valence-corrected chi connectivity index (χ0v) is 15.3. The molecule has 0 radical (unpaired) electrons. The highest BCUT2D eigenvalue weighted by Crippen LogP contribution is 2.26. The Hall–Kier alpha value is -2.87. The maximum atomic E-state index is 13.1. The molecule has 0 atom stereocenters. The first-order valence-corrected chi connectivity index (χ1v) is 8.60. The Balaban J connectivity index is 1.72. The van der Waals surface area contributed by atoms with Crippen LogP contribution in [0.15, 0.2) is 48.5 Å². The smallest absolute Gasteiger partial charge is 0.405 e. The Morgan fingerprint density at radius 3 is 2.36 bits per heavy atom. The molecular weight excluding hydrogens is 374 g/mol. The predicted molar refractivity (Wildman–Crippen MR) is 96.7 cm³/mol. The molecule has 4 nitrogen and oxygen atoms in total. The van der Waals surface area contributed by atoms with Crippen LogP contribution in [0.2, 0.25) is 0 Å². The van der Waals surface area contributed by atoms with E-state index in [1.165, 1.54) is 24.3 Å². The summed E-state index contributed by atoms with van der Waals surface area (Å²) in [6.45, 7) is 4.36. The van der Waals surface area contributed by atoms with Gasteiger partial charge in [0, 0.05) is 29.9 Å². The third kappa shape index (κ3) is 4.69. The molecule has 1 N–H and O–H groups in total. The Morgan fingerprint density at radius 1 is 1.00 bits per heavy atom. The number of hydrogen-bond acceptors (Lipinski definition) is 3. The largest absolute Gasteiger partial charge is 0.573 e. The van der Waals surface area contributed by atoms with Gasteiger partial charge in [0.05, 0.1) is 11.4 Å². The number of para-hydroxylation sites is 1. The topological polar surface area (TPSA) is 39.1 Å². The van der Waals surface area contributed by atoms with Crippen LogP contribution < -0.4 is 10.1 Å². The second kappa shape index (κ2) is 8.02. The van der Waals surface area contributed by atoms with Gasteiger partial charge in [-0.05, 0) is 44.2 Å². The number of nitrogens with one attached hydrogen (secondary N) is 1. The summed E-state index contributed by atoms with van der Waals surface area (Å²) < 4.78 is 56.5. The van der Waals surface area contributed by atoms with Crippen molar-refractivity contribution in [3.05, 3.63) is 76.9 Å². The quantitative estimate of drug-likeness (QED) is 0.611. The van der Waals surface area contributed by atoms with Gasteiger partial charge in [-0.1, -0.05) is 18.2 Å². The number of benzene rings is 2. The van der Waals surface area contributed by atoms with Crippen LogP contribution in [0.1, 0.15) is 22.5 Å². The minimum absolute atomic E-state index is 0.201. The van der Waals surface area contributed by atoms with Crippen molar-refractivity contribution >= 4 is 0 Å². The Bertz CT molecular complexity index is 949. The Labute approximate surface area is 159 Å². The summed E-state index contributed by atoms with van der Waals surface area (Å²) in [5.41, 5.74) is 3.72. The van der Waals surface area contributed by atoms with E-state index in [4.69, 9.17) is 0 Å². The van der Waals surface area contributed by atoms with Crippen molar-refractivity contribution in [3.8, 4) is 11.4 Å². The van der Waals surface area contributed by atoms with Crippen LogP contribution in [0.5, 0.6) is 5.75 Å². The minimum atomic E-state index is -4.74. The zero-order chi connectivity index (χ0) is 20.3. The fraction of sp³-hybridized carbons (Fsp3) is 0.250. The second-order valence-electron chi connectivity index (χ2n) is 6.30. The van der Waals surface area contributed by atoms with E-state index in [1.54, 1.807) is 28.9 Å². The lowest BCUT2D eigenvalue weighted by Crippen LogP contribution is -2.20. The minimum Gasteiger partial charge on any atom is -0.405 e. The molecule has 0 aliphatic heterocycles. The lowest BCUT2D eigenvalue weighted by molar-refractivity contribution is -0.274. The SMILES string of the molecule is Cc1nn(-c2ccc(F)cc2)c(C)c1CNCc1ccccc1OC(F)(F)F. The van der Waals surface area contributed by atoms with Gasteiger partial charge < -0.3 is 10.1 Å². The van der Waals surface area contributed by atoms with Crippen LogP contribution in [0, 0.1) is 19.7 Å². The average Bonchev–Trinajstić information content (AvgIpc) is 2.91. The van der Waals surface area contributed by atoms with Crippen LogP contribution in [0.4, 0.5) is 17.6 Å². The molecular formula is C20H19F4N3O. The van der Waals surface area contributed by atoms with Gasteiger partial charge >= 0.3 is 6.36 Å². The molecule has 3 aromatic rings. The summed E-state index contributed by atoms with van der Waals surface area (Å²) in [4.78, 5) is 0. The summed E-state index contributed by atoms with van der Waals surface area (Å²) in [5.74, 6) is -0.551. The number of halogens is 4. The van der Waals surface area contributed by atoms with Gasteiger partial charge in [-0.15, -0.1) is 13.2 Å². The number of nitrogens with zero attached hydrogens (tertiary/aromatic N) is 2. The van der Waals surface area contributed by atoms with Crippen molar-refractivity contribution < 1.29 is 22.3 Å². The van der Waals surface area contributed by atoms with Crippen LogP contribution in [0.3, 0.4) is 0 Å². The molecule has 1 heterocycles. The number of ether oxygens (including phenoxy) is 1. The van der Waals surface area contributed by atoms with Crippen LogP contribution in [0.25, 0.3) is 5.69 Å². The van der Waals surface area contributed by atoms with Crippen molar-refractivity contribution in [2.75, 3.05) is 0 Å². The van der Waals surface area contributed by atoms with E-state index in [9.17, 15) is 17.6 Å². The summed E-state index contributed by atoms with van der Waals surface area (Å²) in [6, 6.07) is 12.0. The summed E-state index contributed by atoms with van der Waals surface area (Å²) in [5, 5.41) is 7.62. The fourth-order valence-corrected chi connectivity index (χ4v) is 2.96. The van der Waals surface area contributed by atoms with E-state index in [1.807, 2.05) is 13.8 Å². The van der Waals surface area contributed by atoms with E-state index < -0.39 is 6.36 Å². The van der Waals surface area contributed by atoms with E-state index in [0.717, 1.165) is 22.6 Å². The molecule has 0 spiro atoms. The van der Waals surface area contributed by atoms with Crippen molar-refractivity contribution in [2.45, 2.75) is 33.3 Å². The maximum Gasteiger partial charge on any atom is 0.573 e. The van der Waals surface area contributed by atoms with Gasteiger partial charge in [-0.2, -0.15) is 5.10 Å². The fourth-order valence-electron chi connectivity index (χ4n) is 2.96. The molecule has 0 saturated carbocycles. The molecule has 28 heavy (non-hydrogen) atoms. The van der Waals surface area contributed by atoms with Gasteiger partial charge in [0.2, 0.25) is 0 Å². The molecule has 0 fully saturated rings. The highest BCUT2D eigenvalue weighted by atomic mass is 19.4. The number of alkyl halides is 3. The first-order chi connectivity index (χ1) is 13.2. The van der Waals surface area contributed by atoms with Crippen LogP contribution >= 0.6 is 0 Å². The first-order valence-electron chi connectivity index (χ1n) is 8.60. The second-order valence-corrected chi connectivity index (χ2v) is 6.30. The molecule has 1 aromatic heterocycles. The van der Waals surface area contributed by atoms with Gasteiger partial charge in [-0.25, -0.2) is 9.07 Å². The maximum absolute atomic E-state index is 13.1. The summed E-state index contributed by atoms with van der Waals surface area (Å²) in [7, 11) is 0. The molecule has 0 amide bonds. The Kier molecular flexibility index (Phi) is 5.69. The normalized spacial score (nSPS) is 11.6. The van der Waals surface area contributed by atoms with Crippen molar-refractivity contribution in [1.82, 2.24) is 15.1 Å². The van der Waals surface area contributed by atoms with Gasteiger partial charge in [-0.3, -0.25) is 0 Å². The van der Waals surface area contributed by atoms with Crippen molar-refractivity contribution in [2.24, 2.45) is 0 Å². The molecule has 3 rings (SSSR count). The summed E-state index contributed by atoms with van der Waals surface area (Å²) in [6.07, 6.45) is -4.74. The standard InChI is InChI=1S/C20H19F4N3O/c1-13-18(14(2)27(26-13)17-9-7-16(21)8-10-17)12-25-11-15-5-3-4-6-19(15)28-20(22,23)24/h3-10,25H,11-12H2,1-2H3. The molecule has 0 bridgehead atoms. The molecule has 0 aliphatic rings. The highest BCUT2D eigenvalue weighted by Gasteiger charge is 2.31. The molecule has 0 aliphatic carbocycles. The predicted octanol–water partition coefficient (Wildman–Crippen LogP) is 4.82. The highest BCUT2D eigenvalue weighted by molar-refractivity contribution is 5.37. The van der Waals surface area contributed by atoms with Crippen molar-refractivity contribution in [1.29, 1.82) is 0 Å². The molecule has 8 heteroatoms. The van der Waals surface area contributed by atoms with Gasteiger partial charge in [0.15, 0.2) is 0 Å².